The van der Waals surface area contributed by atoms with Crippen molar-refractivity contribution in [1.29, 1.82) is 0 Å². The van der Waals surface area contributed by atoms with Crippen molar-refractivity contribution in [1.82, 2.24) is 15.3 Å². The Bertz CT molecular complexity index is 1200. The molecular weight excluding hydrogens is 534 g/mol. The first-order valence-electron chi connectivity index (χ1n) is 14.5. The molecule has 0 unspecified atom stereocenters. The van der Waals surface area contributed by atoms with Gasteiger partial charge in [0.25, 0.3) is 0 Å². The van der Waals surface area contributed by atoms with Crippen LogP contribution in [0.25, 0.3) is 0 Å². The molecule has 4 rings (SSSR count). The predicted molar refractivity (Wildman–Crippen MR) is 152 cm³/mol. The Morgan fingerprint density at radius 1 is 1.10 bits per heavy atom. The van der Waals surface area contributed by atoms with Crippen molar-refractivity contribution in [3.05, 3.63) is 70.9 Å². The van der Waals surface area contributed by atoms with Gasteiger partial charge in [-0.1, -0.05) is 30.7 Å². The lowest BCUT2D eigenvalue weighted by Gasteiger charge is -2.48. The Morgan fingerprint density at radius 2 is 1.83 bits per heavy atom. The van der Waals surface area contributed by atoms with E-state index in [4.69, 9.17) is 0 Å². The van der Waals surface area contributed by atoms with Gasteiger partial charge in [-0.3, -0.25) is 4.79 Å². The number of alkyl halides is 3. The smallest absolute Gasteiger partial charge is 0.405 e. The molecule has 2 aromatic rings. The quantitative estimate of drug-likeness (QED) is 0.195. The van der Waals surface area contributed by atoms with Gasteiger partial charge in [-0.15, -0.1) is 0 Å². The summed E-state index contributed by atoms with van der Waals surface area (Å²) >= 11 is 0. The summed E-state index contributed by atoms with van der Waals surface area (Å²) in [6, 6.07) is 9.31. The summed E-state index contributed by atoms with van der Waals surface area (Å²) in [4.78, 5) is 14.1. The number of hydrazine groups is 1. The van der Waals surface area contributed by atoms with Crippen LogP contribution in [-0.4, -0.2) is 64.8 Å². The maximum atomic E-state index is 14.9. The first-order valence-corrected chi connectivity index (χ1v) is 14.5. The van der Waals surface area contributed by atoms with E-state index >= 15 is 0 Å². The molecule has 5 nitrogen and oxygen atoms in total. The molecule has 0 aliphatic carbocycles. The predicted octanol–water partition coefficient (Wildman–Crippen LogP) is 6.81. The van der Waals surface area contributed by atoms with Gasteiger partial charge in [0.15, 0.2) is 5.78 Å². The van der Waals surface area contributed by atoms with Gasteiger partial charge < -0.3 is 10.4 Å². The number of benzene rings is 2. The molecule has 41 heavy (non-hydrogen) atoms. The molecule has 0 amide bonds. The monoisotopic (exact) mass is 576 g/mol. The van der Waals surface area contributed by atoms with Gasteiger partial charge in [0.1, 0.15) is 17.6 Å². The zero-order chi connectivity index (χ0) is 29.9. The molecule has 2 saturated heterocycles. The van der Waals surface area contributed by atoms with Crippen LogP contribution in [0.1, 0.15) is 80.3 Å². The number of aromatic hydroxyl groups is 1. The van der Waals surface area contributed by atoms with Crippen LogP contribution in [0.2, 0.25) is 0 Å². The van der Waals surface area contributed by atoms with Crippen LogP contribution in [-0.2, 0) is 0 Å². The van der Waals surface area contributed by atoms with Gasteiger partial charge in [-0.25, -0.2) is 14.4 Å². The Labute approximate surface area is 240 Å². The number of carbonyl (C=O) groups is 1. The number of Topliss-reactive ketones (excluding diaryl/α,β-unsaturated/α-hetero) is 1. The average Bonchev–Trinajstić information content (AvgIpc) is 3.40. The van der Waals surface area contributed by atoms with Crippen LogP contribution in [0.3, 0.4) is 0 Å². The van der Waals surface area contributed by atoms with Crippen molar-refractivity contribution in [3.8, 4) is 5.75 Å². The van der Waals surface area contributed by atoms with E-state index in [9.17, 15) is 27.5 Å². The van der Waals surface area contributed by atoms with Crippen LogP contribution < -0.4 is 5.32 Å². The number of ketones is 1. The standard InChI is InChI=1S/C32H42F4N3O2/c1-21-25(13-8-14-27(21)33)29-23(10-5-6-16-37-31(2,3)4)19-38(39-17-9-15-28(39)32(34,35)36)20-26(29)30(41)22-11-7-12-24(40)18-22/h7-8,11-14,18,26,28-29,37,40H,5-6,9-10,15-17,19-20H2,1-4H3/t26-,28-,29-/m0/s1. The van der Waals surface area contributed by atoms with Crippen molar-refractivity contribution in [2.24, 2.45) is 5.92 Å². The minimum atomic E-state index is -4.38. The summed E-state index contributed by atoms with van der Waals surface area (Å²) in [7, 11) is 0. The average molecular weight is 577 g/mol. The molecule has 0 saturated carbocycles. The van der Waals surface area contributed by atoms with Gasteiger partial charge in [0.2, 0.25) is 0 Å². The van der Waals surface area contributed by atoms with Crippen LogP contribution in [0.4, 0.5) is 17.6 Å². The number of piperidine rings is 1. The second-order valence-electron chi connectivity index (χ2n) is 12.5. The number of carbonyl (C=O) groups excluding carboxylic acids is 1. The van der Waals surface area contributed by atoms with E-state index < -0.39 is 24.1 Å². The minimum Gasteiger partial charge on any atom is -0.508 e. The highest BCUT2D eigenvalue weighted by Crippen LogP contribution is 2.46. The number of hydrogen-bond acceptors (Lipinski definition) is 5. The molecule has 2 heterocycles. The Morgan fingerprint density at radius 3 is 2.51 bits per heavy atom. The molecule has 9 heteroatoms. The molecule has 225 valence electrons. The molecule has 2 aromatic carbocycles. The number of hydrogen-bond donors (Lipinski definition) is 2. The Balaban J connectivity index is 1.72. The third kappa shape index (κ3) is 7.67. The number of unbranched alkanes of at least 4 members (excludes halogenated alkanes) is 1. The first kappa shape index (κ1) is 31.4. The number of nitrogens with one attached hydrogen (secondary N) is 1. The maximum absolute atomic E-state index is 14.9. The number of phenolic OH excluding ortho intramolecular Hbond substituents is 1. The number of nitrogens with zero attached hydrogens (tertiary/aromatic N) is 2. The largest absolute Gasteiger partial charge is 0.508 e. The fourth-order valence-corrected chi connectivity index (χ4v) is 6.31. The van der Waals surface area contributed by atoms with Gasteiger partial charge in [-0.05, 0) is 95.2 Å². The molecule has 0 spiro atoms. The summed E-state index contributed by atoms with van der Waals surface area (Å²) < 4.78 is 57.0. The van der Waals surface area contributed by atoms with Crippen LogP contribution in [0.5, 0.6) is 5.75 Å². The van der Waals surface area contributed by atoms with E-state index in [1.54, 1.807) is 30.1 Å². The Kier molecular flexibility index (Phi) is 9.81. The SMILES string of the molecule is Cc1c(F)cccc1[C@@H]1[C](CCCCNC(C)(C)C)CN(N2CCC[C@H]2C(F)(F)F)C[C@@H]1C(=O)c1cccc(O)c1. The van der Waals surface area contributed by atoms with E-state index in [0.29, 0.717) is 29.5 Å². The van der Waals surface area contributed by atoms with Crippen LogP contribution in [0.15, 0.2) is 42.5 Å². The van der Waals surface area contributed by atoms with E-state index in [0.717, 1.165) is 25.3 Å². The number of rotatable bonds is 9. The first-order chi connectivity index (χ1) is 19.3. The van der Waals surface area contributed by atoms with Crippen molar-refractivity contribution >= 4 is 5.78 Å². The highest BCUT2D eigenvalue weighted by molar-refractivity contribution is 5.99. The highest BCUT2D eigenvalue weighted by atomic mass is 19.4. The van der Waals surface area contributed by atoms with Crippen LogP contribution >= 0.6 is 0 Å². The molecular formula is C32H42F4N3O2. The zero-order valence-corrected chi connectivity index (χ0v) is 24.4. The molecule has 2 fully saturated rings. The van der Waals surface area contributed by atoms with Crippen molar-refractivity contribution in [3.63, 3.8) is 0 Å². The summed E-state index contributed by atoms with van der Waals surface area (Å²) in [6.07, 6.45) is -1.69. The molecule has 2 aliphatic heterocycles. The topological polar surface area (TPSA) is 55.8 Å². The lowest BCUT2D eigenvalue weighted by Crippen LogP contribution is -2.58. The van der Waals surface area contributed by atoms with E-state index in [-0.39, 0.29) is 48.9 Å². The van der Waals surface area contributed by atoms with Crippen molar-refractivity contribution in [2.75, 3.05) is 26.2 Å². The van der Waals surface area contributed by atoms with Gasteiger partial charge >= 0.3 is 6.18 Å². The fourth-order valence-electron chi connectivity index (χ4n) is 6.31. The summed E-state index contributed by atoms with van der Waals surface area (Å²) in [5.74, 6) is -0.975. The Hall–Kier alpha value is -2.49. The summed E-state index contributed by atoms with van der Waals surface area (Å²) in [5, 5.41) is 16.7. The van der Waals surface area contributed by atoms with Gasteiger partial charge in [0.05, 0.1) is 0 Å². The number of phenols is 1. The lowest BCUT2D eigenvalue weighted by atomic mass is 9.68. The fraction of sp³-hybridized carbons (Fsp3) is 0.562. The van der Waals surface area contributed by atoms with Crippen LogP contribution in [0, 0.1) is 24.6 Å². The van der Waals surface area contributed by atoms with Crippen molar-refractivity contribution < 1.29 is 27.5 Å². The minimum absolute atomic E-state index is 0.0193. The van der Waals surface area contributed by atoms with Gasteiger partial charge in [-0.2, -0.15) is 13.2 Å². The van der Waals surface area contributed by atoms with E-state index in [1.165, 1.54) is 23.2 Å². The summed E-state index contributed by atoms with van der Waals surface area (Å²) in [5.41, 5.74) is 1.40. The second-order valence-corrected chi connectivity index (χ2v) is 12.5. The molecule has 3 atom stereocenters. The summed E-state index contributed by atoms with van der Waals surface area (Å²) in [6.45, 7) is 9.39. The molecule has 0 bridgehead atoms. The maximum Gasteiger partial charge on any atom is 0.405 e. The van der Waals surface area contributed by atoms with E-state index in [1.807, 2.05) is 6.07 Å². The van der Waals surface area contributed by atoms with Crippen molar-refractivity contribution in [2.45, 2.75) is 83.5 Å². The zero-order valence-electron chi connectivity index (χ0n) is 24.4. The lowest BCUT2D eigenvalue weighted by molar-refractivity contribution is -0.214. The molecule has 0 aromatic heterocycles. The van der Waals surface area contributed by atoms with E-state index in [2.05, 4.69) is 26.1 Å². The van der Waals surface area contributed by atoms with Gasteiger partial charge in [0, 0.05) is 42.6 Å². The molecule has 2 N–H and O–H groups in total. The second kappa shape index (κ2) is 12.8. The third-order valence-corrected chi connectivity index (χ3v) is 8.29. The normalized spacial score (nSPS) is 23.3. The number of halogens is 4. The molecule has 2 aliphatic rings. The third-order valence-electron chi connectivity index (χ3n) is 8.29. The highest BCUT2D eigenvalue weighted by Gasteiger charge is 2.51. The molecule has 1 radical (unpaired) electrons.